The molecule has 1 amide bonds. The average Bonchev–Trinajstić information content (AvgIpc) is 3.37. The molecule has 4 aromatic rings. The number of fused-ring (bicyclic) bond motifs is 1. The quantitative estimate of drug-likeness (QED) is 0.324. The first-order chi connectivity index (χ1) is 15.4. The van der Waals surface area contributed by atoms with Crippen LogP contribution in [-0.4, -0.2) is 27.0 Å². The molecule has 0 atom stereocenters. The molecule has 162 valence electrons. The first-order valence-corrected chi connectivity index (χ1v) is 11.8. The summed E-state index contributed by atoms with van der Waals surface area (Å²) < 4.78 is 1.03. The summed E-state index contributed by atoms with van der Waals surface area (Å²) in [4.78, 5) is 34.3. The van der Waals surface area contributed by atoms with Crippen molar-refractivity contribution in [3.63, 3.8) is 0 Å². The molecular formula is C23H18ClN3O3S2. The van der Waals surface area contributed by atoms with Crippen LogP contribution in [0.15, 0.2) is 53.9 Å². The van der Waals surface area contributed by atoms with Gasteiger partial charge in [0.1, 0.15) is 5.01 Å². The lowest BCUT2D eigenvalue weighted by Crippen LogP contribution is -2.22. The Kier molecular flexibility index (Phi) is 6.64. The van der Waals surface area contributed by atoms with E-state index >= 15 is 0 Å². The fraction of sp³-hybridized carbons (Fsp3) is 0.130. The monoisotopic (exact) mass is 483 g/mol. The summed E-state index contributed by atoms with van der Waals surface area (Å²) in [5.74, 6) is -1.06. The van der Waals surface area contributed by atoms with Crippen LogP contribution in [0.2, 0.25) is 5.02 Å². The molecule has 4 rings (SSSR count). The van der Waals surface area contributed by atoms with Crippen molar-refractivity contribution in [2.24, 2.45) is 0 Å². The smallest absolute Gasteiger partial charge is 0.303 e. The molecule has 2 aromatic heterocycles. The van der Waals surface area contributed by atoms with E-state index in [-0.39, 0.29) is 12.3 Å². The molecular weight excluding hydrogens is 466 g/mol. The predicted molar refractivity (Wildman–Crippen MR) is 131 cm³/mol. The highest BCUT2D eigenvalue weighted by Gasteiger charge is 2.19. The number of amides is 1. The van der Waals surface area contributed by atoms with E-state index in [9.17, 15) is 14.7 Å². The van der Waals surface area contributed by atoms with Gasteiger partial charge in [-0.2, -0.15) is 0 Å². The lowest BCUT2D eigenvalue weighted by molar-refractivity contribution is -0.136. The van der Waals surface area contributed by atoms with E-state index in [0.717, 1.165) is 20.8 Å². The highest BCUT2D eigenvalue weighted by atomic mass is 35.5. The van der Waals surface area contributed by atoms with E-state index in [2.05, 4.69) is 9.97 Å². The summed E-state index contributed by atoms with van der Waals surface area (Å²) in [6.45, 7) is 1.47. The maximum Gasteiger partial charge on any atom is 0.303 e. The van der Waals surface area contributed by atoms with Crippen molar-refractivity contribution in [2.75, 3.05) is 4.90 Å². The highest BCUT2D eigenvalue weighted by molar-refractivity contribution is 7.19. The van der Waals surface area contributed by atoms with E-state index in [1.54, 1.807) is 24.3 Å². The largest absolute Gasteiger partial charge is 0.481 e. The maximum absolute atomic E-state index is 12.3. The van der Waals surface area contributed by atoms with E-state index < -0.39 is 5.97 Å². The number of carbonyl (C=O) groups excluding carboxylic acids is 1. The second-order valence-corrected chi connectivity index (χ2v) is 9.24. The number of anilines is 2. The van der Waals surface area contributed by atoms with Gasteiger partial charge in [-0.05, 0) is 48.4 Å². The number of aliphatic carboxylic acids is 1. The zero-order valence-electron chi connectivity index (χ0n) is 17.0. The Balaban J connectivity index is 1.70. The number of carboxylic acid groups (broad SMARTS) is 1. The van der Waals surface area contributed by atoms with Crippen molar-refractivity contribution in [3.05, 3.63) is 69.6 Å². The first kappa shape index (κ1) is 22.1. The molecule has 0 aliphatic heterocycles. The summed E-state index contributed by atoms with van der Waals surface area (Å²) in [7, 11) is 0. The van der Waals surface area contributed by atoms with Crippen LogP contribution in [0, 0.1) is 0 Å². The number of carboxylic acids is 1. The van der Waals surface area contributed by atoms with Gasteiger partial charge in [0.25, 0.3) is 0 Å². The van der Waals surface area contributed by atoms with Gasteiger partial charge in [-0.3, -0.25) is 14.5 Å². The minimum atomic E-state index is -0.875. The standard InChI is InChI=1S/C23H18ClN3O3S2/c1-14(28)27(18-6-4-5-16(24)12-18)23-25-17(13-31-23)11-15(9-10-21(29)30)22-26-19-7-2-3-8-20(19)32-22/h2-8,11-13H,9-10H2,1H3,(H,29,30). The number of aromatic nitrogens is 2. The number of thiazole rings is 2. The molecule has 0 saturated carbocycles. The normalized spacial score (nSPS) is 11.6. The Morgan fingerprint density at radius 1 is 1.12 bits per heavy atom. The molecule has 32 heavy (non-hydrogen) atoms. The molecule has 2 aromatic carbocycles. The molecule has 2 heterocycles. The maximum atomic E-state index is 12.3. The minimum absolute atomic E-state index is 0.0131. The Morgan fingerprint density at radius 3 is 2.66 bits per heavy atom. The fourth-order valence-corrected chi connectivity index (χ4v) is 5.20. The van der Waals surface area contributed by atoms with Gasteiger partial charge in [-0.1, -0.05) is 29.8 Å². The molecule has 0 spiro atoms. The summed E-state index contributed by atoms with van der Waals surface area (Å²) in [5.41, 5.74) is 2.93. The number of para-hydroxylation sites is 1. The molecule has 0 saturated heterocycles. The van der Waals surface area contributed by atoms with Crippen molar-refractivity contribution >= 4 is 78.8 Å². The van der Waals surface area contributed by atoms with Crippen LogP contribution >= 0.6 is 34.3 Å². The Labute approximate surface area is 197 Å². The Hall–Kier alpha value is -3.07. The van der Waals surface area contributed by atoms with Gasteiger partial charge in [0.05, 0.1) is 21.6 Å². The van der Waals surface area contributed by atoms with Gasteiger partial charge in [0.15, 0.2) is 5.13 Å². The second kappa shape index (κ2) is 9.60. The lowest BCUT2D eigenvalue weighted by Gasteiger charge is -2.18. The Bertz CT molecular complexity index is 1300. The van der Waals surface area contributed by atoms with Crippen molar-refractivity contribution < 1.29 is 14.7 Å². The predicted octanol–water partition coefficient (Wildman–Crippen LogP) is 6.50. The van der Waals surface area contributed by atoms with Crippen molar-refractivity contribution in [1.29, 1.82) is 0 Å². The molecule has 0 radical (unpaired) electrons. The van der Waals surface area contributed by atoms with Gasteiger partial charge >= 0.3 is 5.97 Å². The SMILES string of the molecule is CC(=O)N(c1cccc(Cl)c1)c1nc(C=C(CCC(=O)O)c2nc3ccccc3s2)cs1. The summed E-state index contributed by atoms with van der Waals surface area (Å²) >= 11 is 8.94. The molecule has 6 nitrogen and oxygen atoms in total. The number of rotatable bonds is 7. The van der Waals surface area contributed by atoms with Crippen LogP contribution in [-0.2, 0) is 9.59 Å². The molecule has 1 N–H and O–H groups in total. The third-order valence-corrected chi connectivity index (χ3v) is 6.77. The van der Waals surface area contributed by atoms with Gasteiger partial charge in [-0.25, -0.2) is 9.97 Å². The van der Waals surface area contributed by atoms with Gasteiger partial charge < -0.3 is 5.11 Å². The number of benzene rings is 2. The van der Waals surface area contributed by atoms with Crippen molar-refractivity contribution in [1.82, 2.24) is 9.97 Å². The number of hydrogen-bond acceptors (Lipinski definition) is 6. The van der Waals surface area contributed by atoms with Crippen LogP contribution in [0.4, 0.5) is 10.8 Å². The molecule has 0 aliphatic carbocycles. The van der Waals surface area contributed by atoms with E-state index in [1.165, 1.54) is 34.5 Å². The molecule has 0 fully saturated rings. The zero-order chi connectivity index (χ0) is 22.7. The van der Waals surface area contributed by atoms with E-state index in [4.69, 9.17) is 11.6 Å². The van der Waals surface area contributed by atoms with Crippen LogP contribution < -0.4 is 4.90 Å². The van der Waals surface area contributed by atoms with Crippen LogP contribution in [0.1, 0.15) is 30.5 Å². The van der Waals surface area contributed by atoms with E-state index in [1.807, 2.05) is 35.7 Å². The lowest BCUT2D eigenvalue weighted by atomic mass is 10.1. The van der Waals surface area contributed by atoms with Crippen molar-refractivity contribution in [2.45, 2.75) is 19.8 Å². The zero-order valence-corrected chi connectivity index (χ0v) is 19.4. The summed E-state index contributed by atoms with van der Waals surface area (Å²) in [5, 5.41) is 12.8. The van der Waals surface area contributed by atoms with Gasteiger partial charge in [0.2, 0.25) is 5.91 Å². The number of halogens is 1. The first-order valence-electron chi connectivity index (χ1n) is 9.71. The number of allylic oxidation sites excluding steroid dienone is 1. The van der Waals surface area contributed by atoms with Crippen LogP contribution in [0.5, 0.6) is 0 Å². The fourth-order valence-electron chi connectivity index (χ4n) is 3.16. The topological polar surface area (TPSA) is 83.4 Å². The van der Waals surface area contributed by atoms with Gasteiger partial charge in [-0.15, -0.1) is 22.7 Å². The molecule has 0 bridgehead atoms. The van der Waals surface area contributed by atoms with Crippen molar-refractivity contribution in [3.8, 4) is 0 Å². The third kappa shape index (κ3) is 5.04. The summed E-state index contributed by atoms with van der Waals surface area (Å²) in [6, 6.07) is 14.8. The Morgan fingerprint density at radius 2 is 1.94 bits per heavy atom. The summed E-state index contributed by atoms with van der Waals surface area (Å²) in [6.07, 6.45) is 2.16. The average molecular weight is 484 g/mol. The van der Waals surface area contributed by atoms with Gasteiger partial charge in [0, 0.05) is 23.7 Å². The highest BCUT2D eigenvalue weighted by Crippen LogP contribution is 2.34. The number of nitrogens with zero attached hydrogens (tertiary/aromatic N) is 3. The van der Waals surface area contributed by atoms with Crippen LogP contribution in [0.3, 0.4) is 0 Å². The molecule has 0 aliphatic rings. The molecule has 0 unspecified atom stereocenters. The second-order valence-electron chi connectivity index (χ2n) is 6.94. The molecule has 9 heteroatoms. The van der Waals surface area contributed by atoms with Crippen LogP contribution in [0.25, 0.3) is 21.9 Å². The van der Waals surface area contributed by atoms with E-state index in [0.29, 0.717) is 28.0 Å². The third-order valence-electron chi connectivity index (χ3n) is 4.58. The minimum Gasteiger partial charge on any atom is -0.481 e. The number of carbonyl (C=O) groups is 2. The number of hydrogen-bond donors (Lipinski definition) is 1.